The summed E-state index contributed by atoms with van der Waals surface area (Å²) in [6, 6.07) is 0. The predicted molar refractivity (Wildman–Crippen MR) is 79.9 cm³/mol. The van der Waals surface area contributed by atoms with Gasteiger partial charge in [-0.1, -0.05) is 13.3 Å². The summed E-state index contributed by atoms with van der Waals surface area (Å²) >= 11 is 0. The molecule has 1 aliphatic heterocycles. The molecule has 0 bridgehead atoms. The summed E-state index contributed by atoms with van der Waals surface area (Å²) in [5.74, 6) is 0. The van der Waals surface area contributed by atoms with Gasteiger partial charge in [-0.2, -0.15) is 22.1 Å². The molecule has 0 aromatic carbocycles. The number of ether oxygens (including phenoxy) is 1. The molecular weight excluding hydrogens is 292 g/mol. The van der Waals surface area contributed by atoms with Gasteiger partial charge in [0.15, 0.2) is 0 Å². The first-order chi connectivity index (χ1) is 9.95. The maximum Gasteiger partial charge on any atom is 0.281 e. The maximum absolute atomic E-state index is 12.5. The summed E-state index contributed by atoms with van der Waals surface area (Å²) in [7, 11) is 0.0622. The van der Waals surface area contributed by atoms with Gasteiger partial charge in [0, 0.05) is 45.5 Å². The van der Waals surface area contributed by atoms with Crippen LogP contribution in [0.15, 0.2) is 12.4 Å². The molecule has 7 nitrogen and oxygen atoms in total. The summed E-state index contributed by atoms with van der Waals surface area (Å²) < 4.78 is 35.4. The normalized spacial score (nSPS) is 21.0. The van der Waals surface area contributed by atoms with Gasteiger partial charge in [0.2, 0.25) is 0 Å². The summed E-state index contributed by atoms with van der Waals surface area (Å²) in [4.78, 5) is 0. The first kappa shape index (κ1) is 16.4. The van der Waals surface area contributed by atoms with Crippen molar-refractivity contribution in [2.75, 3.05) is 33.3 Å². The number of hydrogen-bond donors (Lipinski definition) is 0. The van der Waals surface area contributed by atoms with Gasteiger partial charge in [-0.3, -0.25) is 4.68 Å². The van der Waals surface area contributed by atoms with Crippen LogP contribution in [0.25, 0.3) is 0 Å². The molecule has 21 heavy (non-hydrogen) atoms. The van der Waals surface area contributed by atoms with Gasteiger partial charge >= 0.3 is 0 Å². The highest BCUT2D eigenvalue weighted by molar-refractivity contribution is 7.86. The first-order valence-electron chi connectivity index (χ1n) is 7.26. The lowest BCUT2D eigenvalue weighted by Crippen LogP contribution is -2.48. The van der Waals surface area contributed by atoms with Crippen LogP contribution in [-0.4, -0.2) is 60.1 Å². The van der Waals surface area contributed by atoms with Crippen LogP contribution in [0, 0.1) is 0 Å². The fourth-order valence-electron chi connectivity index (χ4n) is 2.34. The Morgan fingerprint density at radius 2 is 2.29 bits per heavy atom. The third kappa shape index (κ3) is 3.82. The Morgan fingerprint density at radius 3 is 2.90 bits per heavy atom. The molecule has 0 saturated carbocycles. The highest BCUT2D eigenvalue weighted by Crippen LogP contribution is 2.24. The Kier molecular flexibility index (Phi) is 5.37. The van der Waals surface area contributed by atoms with E-state index >= 15 is 0 Å². The fraction of sp³-hybridized carbons (Fsp3) is 0.769. The molecule has 1 aromatic rings. The van der Waals surface area contributed by atoms with E-state index in [4.69, 9.17) is 4.74 Å². The Balaban J connectivity index is 2.06. The van der Waals surface area contributed by atoms with Crippen LogP contribution in [-0.2, 0) is 22.0 Å². The zero-order chi connectivity index (χ0) is 15.5. The molecule has 1 aliphatic rings. The van der Waals surface area contributed by atoms with E-state index in [1.165, 1.54) is 8.61 Å². The maximum atomic E-state index is 12.5. The average Bonchev–Trinajstić information content (AvgIpc) is 2.91. The molecule has 2 rings (SSSR count). The third-order valence-corrected chi connectivity index (χ3v) is 5.63. The summed E-state index contributed by atoms with van der Waals surface area (Å²) in [5.41, 5.74) is 0.911. The molecule has 0 aliphatic carbocycles. The molecule has 0 N–H and O–H groups in total. The molecule has 2 heterocycles. The van der Waals surface area contributed by atoms with E-state index in [1.807, 2.05) is 20.2 Å². The molecule has 0 spiro atoms. The minimum Gasteiger partial charge on any atom is -0.371 e. The topological polar surface area (TPSA) is 67.7 Å². The van der Waals surface area contributed by atoms with Crippen molar-refractivity contribution in [2.24, 2.45) is 7.05 Å². The van der Waals surface area contributed by atoms with Gasteiger partial charge in [-0.25, -0.2) is 0 Å². The number of aryl methyl sites for hydroxylation is 1. The molecule has 1 saturated heterocycles. The van der Waals surface area contributed by atoms with Gasteiger partial charge in [0.05, 0.1) is 18.9 Å². The largest absolute Gasteiger partial charge is 0.371 e. The molecule has 1 fully saturated rings. The van der Waals surface area contributed by atoms with Crippen molar-refractivity contribution in [1.82, 2.24) is 18.4 Å². The molecule has 1 aromatic heterocycles. The zero-order valence-corrected chi connectivity index (χ0v) is 13.7. The second kappa shape index (κ2) is 6.87. The molecule has 0 radical (unpaired) electrons. The van der Waals surface area contributed by atoms with E-state index in [9.17, 15) is 8.42 Å². The molecule has 120 valence electrons. The van der Waals surface area contributed by atoms with Crippen molar-refractivity contribution in [2.45, 2.75) is 25.9 Å². The van der Waals surface area contributed by atoms with Gasteiger partial charge in [-0.05, 0) is 6.42 Å². The Bertz CT molecular complexity index is 558. The monoisotopic (exact) mass is 316 g/mol. The first-order valence-corrected chi connectivity index (χ1v) is 8.66. The van der Waals surface area contributed by atoms with Gasteiger partial charge in [0.1, 0.15) is 0 Å². The van der Waals surface area contributed by atoms with E-state index in [1.54, 1.807) is 17.9 Å². The summed E-state index contributed by atoms with van der Waals surface area (Å²) in [6.45, 7) is 3.74. The molecular formula is C13H24N4O3S. The van der Waals surface area contributed by atoms with Crippen molar-refractivity contribution in [3.63, 3.8) is 0 Å². The van der Waals surface area contributed by atoms with Crippen molar-refractivity contribution in [1.29, 1.82) is 0 Å². The van der Waals surface area contributed by atoms with Crippen LogP contribution in [0.1, 0.15) is 31.4 Å². The van der Waals surface area contributed by atoms with Crippen molar-refractivity contribution in [3.8, 4) is 0 Å². The fourth-order valence-corrected chi connectivity index (χ4v) is 3.72. The van der Waals surface area contributed by atoms with Crippen molar-refractivity contribution < 1.29 is 13.2 Å². The van der Waals surface area contributed by atoms with E-state index in [-0.39, 0.29) is 6.10 Å². The second-order valence-electron chi connectivity index (χ2n) is 5.35. The number of nitrogens with zero attached hydrogens (tertiary/aromatic N) is 4. The zero-order valence-electron chi connectivity index (χ0n) is 12.9. The van der Waals surface area contributed by atoms with E-state index in [0.29, 0.717) is 26.2 Å². The molecule has 0 amide bonds. The van der Waals surface area contributed by atoms with Gasteiger partial charge < -0.3 is 4.74 Å². The number of hydrogen-bond acceptors (Lipinski definition) is 4. The standard InChI is InChI=1S/C13H24N4O3S/c1-4-5-6-16(3)21(18,19)17-7-8-20-13(11-17)12-9-14-15(2)10-12/h9-10,13H,4-8,11H2,1-3H3/t13-/m1/s1. The number of aromatic nitrogens is 2. The lowest BCUT2D eigenvalue weighted by Gasteiger charge is -2.34. The highest BCUT2D eigenvalue weighted by Gasteiger charge is 2.33. The number of morpholine rings is 1. The van der Waals surface area contributed by atoms with Crippen molar-refractivity contribution >= 4 is 10.2 Å². The van der Waals surface area contributed by atoms with E-state index in [0.717, 1.165) is 18.4 Å². The average molecular weight is 316 g/mol. The molecule has 0 unspecified atom stereocenters. The lowest BCUT2D eigenvalue weighted by molar-refractivity contribution is -0.00412. The van der Waals surface area contributed by atoms with Crippen LogP contribution in [0.3, 0.4) is 0 Å². The summed E-state index contributed by atoms with van der Waals surface area (Å²) in [5, 5.41) is 4.11. The minimum absolute atomic E-state index is 0.248. The van der Waals surface area contributed by atoms with Crippen LogP contribution in [0.2, 0.25) is 0 Å². The van der Waals surface area contributed by atoms with E-state index < -0.39 is 10.2 Å². The molecule has 8 heteroatoms. The Labute approximate surface area is 126 Å². The summed E-state index contributed by atoms with van der Waals surface area (Å²) in [6.07, 6.45) is 5.18. The van der Waals surface area contributed by atoms with Crippen LogP contribution < -0.4 is 0 Å². The van der Waals surface area contributed by atoms with Crippen LogP contribution >= 0.6 is 0 Å². The highest BCUT2D eigenvalue weighted by atomic mass is 32.2. The Hall–Kier alpha value is -0.960. The SMILES string of the molecule is CCCCN(C)S(=O)(=O)N1CCO[C@@H](c2cnn(C)c2)C1. The van der Waals surface area contributed by atoms with Crippen LogP contribution in [0.4, 0.5) is 0 Å². The van der Waals surface area contributed by atoms with Gasteiger partial charge in [0.25, 0.3) is 10.2 Å². The predicted octanol–water partition coefficient (Wildman–Crippen LogP) is 0.770. The van der Waals surface area contributed by atoms with Gasteiger partial charge in [-0.15, -0.1) is 0 Å². The number of rotatable bonds is 6. The minimum atomic E-state index is -3.41. The van der Waals surface area contributed by atoms with Crippen LogP contribution in [0.5, 0.6) is 0 Å². The lowest BCUT2D eigenvalue weighted by atomic mass is 10.2. The third-order valence-electron chi connectivity index (χ3n) is 3.67. The van der Waals surface area contributed by atoms with E-state index in [2.05, 4.69) is 5.10 Å². The Morgan fingerprint density at radius 1 is 1.52 bits per heavy atom. The quantitative estimate of drug-likeness (QED) is 0.777. The smallest absolute Gasteiger partial charge is 0.281 e. The van der Waals surface area contributed by atoms with Crippen molar-refractivity contribution in [3.05, 3.63) is 18.0 Å². The number of unbranched alkanes of at least 4 members (excludes halogenated alkanes) is 1. The molecule has 1 atom stereocenters. The second-order valence-corrected chi connectivity index (χ2v) is 7.38.